The van der Waals surface area contributed by atoms with Gasteiger partial charge in [0, 0.05) is 20.0 Å². The second-order valence-corrected chi connectivity index (χ2v) is 7.10. The predicted octanol–water partition coefficient (Wildman–Crippen LogP) is 1.54. The number of likely N-dealkylation sites (tertiary alicyclic amines) is 1. The number of carbonyl (C=O) groups is 3. The SMILES string of the molecule is CN1CC(C(=O)NC(CC2CCCc3ccccc32)C(=O)O)CC1=O. The van der Waals surface area contributed by atoms with Gasteiger partial charge >= 0.3 is 5.97 Å². The lowest BCUT2D eigenvalue weighted by atomic mass is 9.79. The minimum Gasteiger partial charge on any atom is -0.480 e. The van der Waals surface area contributed by atoms with E-state index in [4.69, 9.17) is 0 Å². The minimum absolute atomic E-state index is 0.0757. The van der Waals surface area contributed by atoms with Gasteiger partial charge in [0.25, 0.3) is 0 Å². The molecule has 1 aromatic carbocycles. The van der Waals surface area contributed by atoms with Crippen LogP contribution in [0.4, 0.5) is 0 Å². The Morgan fingerprint density at radius 1 is 1.36 bits per heavy atom. The summed E-state index contributed by atoms with van der Waals surface area (Å²) >= 11 is 0. The first-order chi connectivity index (χ1) is 12.0. The fourth-order valence-corrected chi connectivity index (χ4v) is 3.93. The van der Waals surface area contributed by atoms with Gasteiger partial charge in [-0.2, -0.15) is 0 Å². The molecule has 6 heteroatoms. The number of benzene rings is 1. The Bertz CT molecular complexity index is 688. The summed E-state index contributed by atoms with van der Waals surface area (Å²) in [5.41, 5.74) is 2.47. The molecule has 1 heterocycles. The molecule has 2 amide bonds. The fraction of sp³-hybridized carbons (Fsp3) is 0.526. The quantitative estimate of drug-likeness (QED) is 0.848. The molecule has 3 atom stereocenters. The molecule has 0 aromatic heterocycles. The van der Waals surface area contributed by atoms with E-state index >= 15 is 0 Å². The van der Waals surface area contributed by atoms with E-state index in [-0.39, 0.29) is 24.2 Å². The van der Waals surface area contributed by atoms with Crippen molar-refractivity contribution in [3.63, 3.8) is 0 Å². The van der Waals surface area contributed by atoms with Gasteiger partial charge in [0.1, 0.15) is 6.04 Å². The molecule has 1 fully saturated rings. The molecular formula is C19H24N2O4. The number of carboxylic acids is 1. The smallest absolute Gasteiger partial charge is 0.326 e. The number of rotatable bonds is 5. The van der Waals surface area contributed by atoms with Crippen molar-refractivity contribution in [3.8, 4) is 0 Å². The first kappa shape index (κ1) is 17.5. The highest BCUT2D eigenvalue weighted by molar-refractivity contribution is 5.91. The fourth-order valence-electron chi connectivity index (χ4n) is 3.93. The summed E-state index contributed by atoms with van der Waals surface area (Å²) in [6, 6.07) is 7.21. The highest BCUT2D eigenvalue weighted by atomic mass is 16.4. The maximum Gasteiger partial charge on any atom is 0.326 e. The van der Waals surface area contributed by atoms with Gasteiger partial charge in [-0.25, -0.2) is 4.79 Å². The normalized spacial score (nSPS) is 23.9. The van der Waals surface area contributed by atoms with Crippen molar-refractivity contribution in [2.45, 2.75) is 44.1 Å². The third-order valence-electron chi connectivity index (χ3n) is 5.34. The average molecular weight is 344 g/mol. The molecule has 6 nitrogen and oxygen atoms in total. The van der Waals surface area contributed by atoms with Crippen molar-refractivity contribution >= 4 is 17.8 Å². The number of carbonyl (C=O) groups excluding carboxylic acids is 2. The van der Waals surface area contributed by atoms with E-state index in [0.717, 1.165) is 19.3 Å². The van der Waals surface area contributed by atoms with Crippen molar-refractivity contribution in [2.75, 3.05) is 13.6 Å². The van der Waals surface area contributed by atoms with Crippen LogP contribution >= 0.6 is 0 Å². The highest BCUT2D eigenvalue weighted by Gasteiger charge is 2.35. The molecule has 1 saturated heterocycles. The van der Waals surface area contributed by atoms with E-state index in [2.05, 4.69) is 17.4 Å². The van der Waals surface area contributed by atoms with Gasteiger partial charge in [-0.1, -0.05) is 24.3 Å². The van der Waals surface area contributed by atoms with Gasteiger partial charge in [0.15, 0.2) is 0 Å². The van der Waals surface area contributed by atoms with Crippen LogP contribution in [-0.2, 0) is 20.8 Å². The average Bonchev–Trinajstić information content (AvgIpc) is 2.93. The van der Waals surface area contributed by atoms with E-state index in [1.54, 1.807) is 7.05 Å². The van der Waals surface area contributed by atoms with Crippen LogP contribution in [0.15, 0.2) is 24.3 Å². The molecule has 134 valence electrons. The molecule has 0 radical (unpaired) electrons. The maximum absolute atomic E-state index is 12.4. The van der Waals surface area contributed by atoms with E-state index in [9.17, 15) is 19.5 Å². The molecule has 0 spiro atoms. The summed E-state index contributed by atoms with van der Waals surface area (Å²) in [6.45, 7) is 0.350. The number of aryl methyl sites for hydroxylation is 1. The van der Waals surface area contributed by atoms with Crippen molar-refractivity contribution in [1.29, 1.82) is 0 Å². The number of nitrogens with zero attached hydrogens (tertiary/aromatic N) is 1. The van der Waals surface area contributed by atoms with Crippen LogP contribution in [-0.4, -0.2) is 47.4 Å². The topological polar surface area (TPSA) is 86.7 Å². The summed E-state index contributed by atoms with van der Waals surface area (Å²) in [5, 5.41) is 12.2. The van der Waals surface area contributed by atoms with Crippen LogP contribution in [0, 0.1) is 5.92 Å². The molecule has 2 aliphatic rings. The Balaban J connectivity index is 1.68. The molecule has 25 heavy (non-hydrogen) atoms. The van der Waals surface area contributed by atoms with Crippen molar-refractivity contribution in [1.82, 2.24) is 10.2 Å². The second kappa shape index (κ2) is 7.25. The molecule has 1 aliphatic heterocycles. The van der Waals surface area contributed by atoms with Crippen LogP contribution < -0.4 is 5.32 Å². The van der Waals surface area contributed by atoms with Crippen LogP contribution in [0.3, 0.4) is 0 Å². The Morgan fingerprint density at radius 3 is 2.80 bits per heavy atom. The molecular weight excluding hydrogens is 320 g/mol. The van der Waals surface area contributed by atoms with Gasteiger partial charge in [0.05, 0.1) is 5.92 Å². The maximum atomic E-state index is 12.4. The first-order valence-corrected chi connectivity index (χ1v) is 8.80. The zero-order valence-corrected chi connectivity index (χ0v) is 14.4. The summed E-state index contributed by atoms with van der Waals surface area (Å²) in [4.78, 5) is 37.2. The molecule has 1 aliphatic carbocycles. The third-order valence-corrected chi connectivity index (χ3v) is 5.34. The minimum atomic E-state index is -1.02. The number of nitrogens with one attached hydrogen (secondary N) is 1. The lowest BCUT2D eigenvalue weighted by Gasteiger charge is -2.28. The van der Waals surface area contributed by atoms with E-state index in [1.807, 2.05) is 12.1 Å². The standard InChI is InChI=1S/C19H24N2O4/c1-21-11-14(10-17(21)22)18(23)20-16(19(24)25)9-13-7-4-6-12-5-2-3-8-15(12)13/h2-3,5,8,13-14,16H,4,6-7,9-11H2,1H3,(H,20,23)(H,24,25). The van der Waals surface area contributed by atoms with Gasteiger partial charge < -0.3 is 15.3 Å². The third kappa shape index (κ3) is 3.83. The lowest BCUT2D eigenvalue weighted by molar-refractivity contribution is -0.142. The van der Waals surface area contributed by atoms with Crippen LogP contribution in [0.25, 0.3) is 0 Å². The molecule has 3 unspecified atom stereocenters. The molecule has 3 rings (SSSR count). The number of amides is 2. The Kier molecular flexibility index (Phi) is 5.06. The van der Waals surface area contributed by atoms with Crippen LogP contribution in [0.1, 0.15) is 42.7 Å². The molecule has 0 saturated carbocycles. The monoisotopic (exact) mass is 344 g/mol. The highest BCUT2D eigenvalue weighted by Crippen LogP contribution is 2.34. The second-order valence-electron chi connectivity index (χ2n) is 7.10. The summed E-state index contributed by atoms with van der Waals surface area (Å²) in [6.07, 6.45) is 3.52. The molecule has 0 bridgehead atoms. The van der Waals surface area contributed by atoms with Crippen LogP contribution in [0.2, 0.25) is 0 Å². The molecule has 1 aromatic rings. The van der Waals surface area contributed by atoms with E-state index < -0.39 is 17.9 Å². The summed E-state index contributed by atoms with van der Waals surface area (Å²) < 4.78 is 0. The number of hydrogen-bond acceptors (Lipinski definition) is 3. The van der Waals surface area contributed by atoms with Gasteiger partial charge in [0.2, 0.25) is 11.8 Å². The summed E-state index contributed by atoms with van der Waals surface area (Å²) in [5.74, 6) is -1.76. The first-order valence-electron chi connectivity index (χ1n) is 8.80. The van der Waals surface area contributed by atoms with Crippen molar-refractivity contribution < 1.29 is 19.5 Å². The zero-order valence-electron chi connectivity index (χ0n) is 14.4. The van der Waals surface area contributed by atoms with Gasteiger partial charge in [-0.05, 0) is 42.7 Å². The number of aliphatic carboxylic acids is 1. The Morgan fingerprint density at radius 2 is 2.12 bits per heavy atom. The van der Waals surface area contributed by atoms with Crippen LogP contribution in [0.5, 0.6) is 0 Å². The number of fused-ring (bicyclic) bond motifs is 1. The summed E-state index contributed by atoms with van der Waals surface area (Å²) in [7, 11) is 1.66. The lowest BCUT2D eigenvalue weighted by Crippen LogP contribution is -2.45. The Labute approximate surface area is 147 Å². The zero-order chi connectivity index (χ0) is 18.0. The predicted molar refractivity (Wildman–Crippen MR) is 92.0 cm³/mol. The van der Waals surface area contributed by atoms with Crippen molar-refractivity contribution in [2.24, 2.45) is 5.92 Å². The number of carboxylic acid groups (broad SMARTS) is 1. The molecule has 2 N–H and O–H groups in total. The van der Waals surface area contributed by atoms with Gasteiger partial charge in [-0.3, -0.25) is 9.59 Å². The Hall–Kier alpha value is -2.37. The van der Waals surface area contributed by atoms with E-state index in [0.29, 0.717) is 13.0 Å². The van der Waals surface area contributed by atoms with Crippen molar-refractivity contribution in [3.05, 3.63) is 35.4 Å². The largest absolute Gasteiger partial charge is 0.480 e. The number of hydrogen-bond donors (Lipinski definition) is 2. The van der Waals surface area contributed by atoms with E-state index in [1.165, 1.54) is 16.0 Å². The van der Waals surface area contributed by atoms with Gasteiger partial charge in [-0.15, -0.1) is 0 Å².